The van der Waals surface area contributed by atoms with Crippen LogP contribution in [0.3, 0.4) is 0 Å². The van der Waals surface area contributed by atoms with Gasteiger partial charge < -0.3 is 10.3 Å². The van der Waals surface area contributed by atoms with Crippen LogP contribution in [0.15, 0.2) is 23.1 Å². The van der Waals surface area contributed by atoms with E-state index in [1.54, 1.807) is 18.6 Å². The summed E-state index contributed by atoms with van der Waals surface area (Å²) >= 11 is 0. The Hall–Kier alpha value is -1.82. The molecule has 1 aliphatic carbocycles. The van der Waals surface area contributed by atoms with Crippen molar-refractivity contribution in [2.24, 2.45) is 5.73 Å². The van der Waals surface area contributed by atoms with Crippen molar-refractivity contribution >= 4 is 0 Å². The average molecular weight is 231 g/mol. The first-order valence-corrected chi connectivity index (χ1v) is 5.65. The second kappa shape index (κ2) is 3.89. The van der Waals surface area contributed by atoms with E-state index < -0.39 is 0 Å². The van der Waals surface area contributed by atoms with Gasteiger partial charge in [-0.2, -0.15) is 4.98 Å². The molecule has 6 nitrogen and oxygen atoms in total. The molecule has 17 heavy (non-hydrogen) atoms. The predicted octanol–water partition coefficient (Wildman–Crippen LogP) is 0.907. The molecule has 0 radical (unpaired) electrons. The Kier molecular flexibility index (Phi) is 2.36. The monoisotopic (exact) mass is 231 g/mol. The minimum atomic E-state index is -0.104. The Morgan fingerprint density at radius 2 is 2.24 bits per heavy atom. The minimum absolute atomic E-state index is 0.104. The molecule has 3 rings (SSSR count). The molecule has 0 spiro atoms. The average Bonchev–Trinajstić information content (AvgIpc) is 2.80. The zero-order valence-corrected chi connectivity index (χ0v) is 9.33. The van der Waals surface area contributed by atoms with Crippen molar-refractivity contribution < 1.29 is 4.52 Å². The summed E-state index contributed by atoms with van der Waals surface area (Å²) in [4.78, 5) is 12.5. The van der Waals surface area contributed by atoms with E-state index in [-0.39, 0.29) is 5.41 Å². The molecule has 88 valence electrons. The highest BCUT2D eigenvalue weighted by atomic mass is 16.5. The molecule has 0 aromatic carbocycles. The van der Waals surface area contributed by atoms with Crippen molar-refractivity contribution in [2.45, 2.75) is 24.7 Å². The van der Waals surface area contributed by atoms with E-state index in [4.69, 9.17) is 10.3 Å². The lowest BCUT2D eigenvalue weighted by molar-refractivity contribution is 0.182. The van der Waals surface area contributed by atoms with Crippen LogP contribution >= 0.6 is 0 Å². The zero-order valence-electron chi connectivity index (χ0n) is 9.33. The standard InChI is InChI=1S/C11H13N5O/c12-7-11(2-1-3-11)10-15-9(16-17-10)8-6-13-4-5-14-8/h4-6H,1-3,7,12H2. The van der Waals surface area contributed by atoms with E-state index in [1.165, 1.54) is 6.42 Å². The third-order valence-corrected chi connectivity index (χ3v) is 3.37. The molecule has 2 aromatic rings. The Morgan fingerprint density at radius 1 is 1.35 bits per heavy atom. The molecule has 0 unspecified atom stereocenters. The topological polar surface area (TPSA) is 90.7 Å². The van der Waals surface area contributed by atoms with E-state index >= 15 is 0 Å². The van der Waals surface area contributed by atoms with Gasteiger partial charge in [0.15, 0.2) is 0 Å². The van der Waals surface area contributed by atoms with Gasteiger partial charge in [0.05, 0.1) is 11.6 Å². The summed E-state index contributed by atoms with van der Waals surface area (Å²) in [6.07, 6.45) is 8.03. The van der Waals surface area contributed by atoms with Crippen molar-refractivity contribution in [3.05, 3.63) is 24.5 Å². The molecule has 2 aromatic heterocycles. The van der Waals surface area contributed by atoms with Gasteiger partial charge in [0.25, 0.3) is 0 Å². The predicted molar refractivity (Wildman–Crippen MR) is 59.9 cm³/mol. The lowest BCUT2D eigenvalue weighted by Crippen LogP contribution is -2.41. The van der Waals surface area contributed by atoms with Gasteiger partial charge in [0.2, 0.25) is 11.7 Å². The number of hydrogen-bond acceptors (Lipinski definition) is 6. The van der Waals surface area contributed by atoms with Crippen LogP contribution < -0.4 is 5.73 Å². The van der Waals surface area contributed by atoms with Crippen molar-refractivity contribution in [1.29, 1.82) is 0 Å². The van der Waals surface area contributed by atoms with Gasteiger partial charge in [0.1, 0.15) is 5.69 Å². The maximum atomic E-state index is 5.79. The highest BCUT2D eigenvalue weighted by Crippen LogP contribution is 2.42. The zero-order chi connectivity index (χ0) is 11.7. The normalized spacial score (nSPS) is 17.7. The van der Waals surface area contributed by atoms with Crippen molar-refractivity contribution in [2.75, 3.05) is 6.54 Å². The highest BCUT2D eigenvalue weighted by molar-refractivity contribution is 5.45. The van der Waals surface area contributed by atoms with Gasteiger partial charge in [-0.05, 0) is 12.8 Å². The fourth-order valence-electron chi connectivity index (χ4n) is 2.07. The van der Waals surface area contributed by atoms with Crippen LogP contribution in [-0.2, 0) is 5.41 Å². The van der Waals surface area contributed by atoms with Gasteiger partial charge in [-0.1, -0.05) is 11.6 Å². The summed E-state index contributed by atoms with van der Waals surface area (Å²) in [5.74, 6) is 1.11. The second-order valence-electron chi connectivity index (χ2n) is 4.35. The lowest BCUT2D eigenvalue weighted by Gasteiger charge is -2.36. The molecule has 0 aliphatic heterocycles. The fraction of sp³-hybridized carbons (Fsp3) is 0.455. The highest BCUT2D eigenvalue weighted by Gasteiger charge is 2.42. The number of aromatic nitrogens is 4. The maximum absolute atomic E-state index is 5.79. The van der Waals surface area contributed by atoms with E-state index in [0.29, 0.717) is 24.0 Å². The number of hydrogen-bond donors (Lipinski definition) is 1. The molecule has 2 heterocycles. The number of nitrogens with two attached hydrogens (primary N) is 1. The van der Waals surface area contributed by atoms with E-state index in [0.717, 1.165) is 12.8 Å². The molecular formula is C11H13N5O. The van der Waals surface area contributed by atoms with Gasteiger partial charge >= 0.3 is 0 Å². The van der Waals surface area contributed by atoms with Crippen molar-refractivity contribution in [3.63, 3.8) is 0 Å². The van der Waals surface area contributed by atoms with Gasteiger partial charge in [-0.25, -0.2) is 4.98 Å². The largest absolute Gasteiger partial charge is 0.338 e. The summed E-state index contributed by atoms with van der Waals surface area (Å²) in [6.45, 7) is 0.551. The molecule has 0 bridgehead atoms. The van der Waals surface area contributed by atoms with Gasteiger partial charge in [-0.15, -0.1) is 0 Å². The second-order valence-corrected chi connectivity index (χ2v) is 4.35. The van der Waals surface area contributed by atoms with E-state index in [1.807, 2.05) is 0 Å². The van der Waals surface area contributed by atoms with Gasteiger partial charge in [-0.3, -0.25) is 4.98 Å². The molecule has 2 N–H and O–H groups in total. The fourth-order valence-corrected chi connectivity index (χ4v) is 2.07. The smallest absolute Gasteiger partial charge is 0.234 e. The quantitative estimate of drug-likeness (QED) is 0.844. The first-order chi connectivity index (χ1) is 8.34. The molecule has 0 saturated heterocycles. The number of rotatable bonds is 3. The van der Waals surface area contributed by atoms with Crippen LogP contribution in [0.25, 0.3) is 11.5 Å². The van der Waals surface area contributed by atoms with Gasteiger partial charge in [0, 0.05) is 18.9 Å². The molecule has 0 amide bonds. The minimum Gasteiger partial charge on any atom is -0.338 e. The van der Waals surface area contributed by atoms with E-state index in [2.05, 4.69) is 20.1 Å². The molecule has 1 aliphatic rings. The van der Waals surface area contributed by atoms with Crippen LogP contribution in [0.4, 0.5) is 0 Å². The summed E-state index contributed by atoms with van der Waals surface area (Å²) < 4.78 is 5.31. The third kappa shape index (κ3) is 1.61. The van der Waals surface area contributed by atoms with Crippen LogP contribution in [0.1, 0.15) is 25.2 Å². The SMILES string of the molecule is NCC1(c2nc(-c3cnccn3)no2)CCC1. The Labute approximate surface area is 98.3 Å². The maximum Gasteiger partial charge on any atom is 0.234 e. The first-order valence-electron chi connectivity index (χ1n) is 5.65. The van der Waals surface area contributed by atoms with Crippen LogP contribution in [0, 0.1) is 0 Å². The molecular weight excluding hydrogens is 218 g/mol. The lowest BCUT2D eigenvalue weighted by atomic mass is 9.69. The molecule has 0 atom stereocenters. The Balaban J connectivity index is 1.93. The Bertz CT molecular complexity index is 500. The van der Waals surface area contributed by atoms with Crippen LogP contribution in [0.5, 0.6) is 0 Å². The Morgan fingerprint density at radius 3 is 2.82 bits per heavy atom. The summed E-state index contributed by atoms with van der Waals surface area (Å²) in [5.41, 5.74) is 6.31. The summed E-state index contributed by atoms with van der Waals surface area (Å²) in [5, 5.41) is 3.94. The summed E-state index contributed by atoms with van der Waals surface area (Å²) in [7, 11) is 0. The third-order valence-electron chi connectivity index (χ3n) is 3.37. The van der Waals surface area contributed by atoms with Crippen LogP contribution in [0.2, 0.25) is 0 Å². The molecule has 6 heteroatoms. The number of nitrogens with zero attached hydrogens (tertiary/aromatic N) is 4. The molecule has 1 saturated carbocycles. The van der Waals surface area contributed by atoms with Crippen LogP contribution in [-0.4, -0.2) is 26.7 Å². The van der Waals surface area contributed by atoms with Crippen molar-refractivity contribution in [3.8, 4) is 11.5 Å². The molecule has 1 fully saturated rings. The summed E-state index contributed by atoms with van der Waals surface area (Å²) in [6, 6.07) is 0. The van der Waals surface area contributed by atoms with E-state index in [9.17, 15) is 0 Å². The first kappa shape index (κ1) is 10.3. The van der Waals surface area contributed by atoms with Crippen molar-refractivity contribution in [1.82, 2.24) is 20.1 Å².